The van der Waals surface area contributed by atoms with Gasteiger partial charge in [0.25, 0.3) is 0 Å². The molecule has 0 atom stereocenters. The van der Waals surface area contributed by atoms with Gasteiger partial charge in [0, 0.05) is 5.70 Å². The second kappa shape index (κ2) is 3.13. The molecule has 0 aliphatic rings. The Balaban J connectivity index is 3.76. The van der Waals surface area contributed by atoms with Crippen LogP contribution in [-0.4, -0.2) is 5.11 Å². The normalized spacial score (nSPS) is 14.2. The van der Waals surface area contributed by atoms with E-state index in [-0.39, 0.29) is 5.76 Å². The van der Waals surface area contributed by atoms with E-state index in [1.807, 2.05) is 0 Å². The highest BCUT2D eigenvalue weighted by molar-refractivity contribution is 5.08. The van der Waals surface area contributed by atoms with Gasteiger partial charge in [0.05, 0.1) is 5.76 Å². The Bertz CT molecular complexity index is 100. The molecule has 2 heteroatoms. The Hall–Kier alpha value is -0.920. The van der Waals surface area contributed by atoms with E-state index in [0.717, 1.165) is 0 Å². The summed E-state index contributed by atoms with van der Waals surface area (Å²) in [5, 5.41) is 8.56. The zero-order valence-electron chi connectivity index (χ0n) is 5.18. The minimum absolute atomic E-state index is 0.273. The summed E-state index contributed by atoms with van der Waals surface area (Å²) in [7, 11) is 0. The second-order valence-corrected chi connectivity index (χ2v) is 1.72. The third-order valence-corrected chi connectivity index (χ3v) is 0.587. The highest BCUT2D eigenvalue weighted by Gasteiger charge is 1.74. The molecule has 0 aromatic rings. The second-order valence-electron chi connectivity index (χ2n) is 1.72. The Morgan fingerprint density at radius 3 is 2.00 bits per heavy atom. The first kappa shape index (κ1) is 7.08. The van der Waals surface area contributed by atoms with Gasteiger partial charge in [0.2, 0.25) is 0 Å². The van der Waals surface area contributed by atoms with Gasteiger partial charge in [0.1, 0.15) is 0 Å². The van der Waals surface area contributed by atoms with Crippen LogP contribution in [0.15, 0.2) is 23.6 Å². The summed E-state index contributed by atoms with van der Waals surface area (Å²) in [5.41, 5.74) is 5.94. The topological polar surface area (TPSA) is 46.2 Å². The molecule has 0 aromatic heterocycles. The van der Waals surface area contributed by atoms with Crippen molar-refractivity contribution in [3.8, 4) is 0 Å². The number of aliphatic hydroxyl groups excluding tert-OH is 1. The summed E-state index contributed by atoms with van der Waals surface area (Å²) in [5.74, 6) is 0.273. The van der Waals surface area contributed by atoms with E-state index < -0.39 is 0 Å². The summed E-state index contributed by atoms with van der Waals surface area (Å²) in [4.78, 5) is 0. The molecule has 2 nitrogen and oxygen atoms in total. The van der Waals surface area contributed by atoms with Crippen LogP contribution in [0.5, 0.6) is 0 Å². The Kier molecular flexibility index (Phi) is 2.77. The quantitative estimate of drug-likeness (QED) is 0.398. The molecule has 0 unspecified atom stereocenters. The average Bonchev–Trinajstić information content (AvgIpc) is 1.61. The largest absolute Gasteiger partial charge is 0.513 e. The lowest BCUT2D eigenvalue weighted by atomic mass is 10.4. The summed E-state index contributed by atoms with van der Waals surface area (Å²) >= 11 is 0. The van der Waals surface area contributed by atoms with E-state index in [0.29, 0.717) is 5.70 Å². The van der Waals surface area contributed by atoms with Crippen LogP contribution in [-0.2, 0) is 0 Å². The number of hydrogen-bond donors (Lipinski definition) is 2. The number of hydrogen-bond acceptors (Lipinski definition) is 2. The highest BCUT2D eigenvalue weighted by atomic mass is 16.3. The molecule has 0 radical (unpaired) electrons. The van der Waals surface area contributed by atoms with Crippen LogP contribution >= 0.6 is 0 Å². The van der Waals surface area contributed by atoms with E-state index >= 15 is 0 Å². The minimum Gasteiger partial charge on any atom is -0.513 e. The van der Waals surface area contributed by atoms with Crippen LogP contribution in [0.4, 0.5) is 0 Å². The number of nitrogens with two attached hydrogens (primary N) is 1. The van der Waals surface area contributed by atoms with Crippen molar-refractivity contribution in [2.45, 2.75) is 13.8 Å². The molecule has 3 N–H and O–H groups in total. The van der Waals surface area contributed by atoms with Crippen LogP contribution in [0, 0.1) is 0 Å². The molecule has 0 saturated heterocycles. The average molecular weight is 113 g/mol. The van der Waals surface area contributed by atoms with Crippen molar-refractivity contribution < 1.29 is 5.11 Å². The van der Waals surface area contributed by atoms with Crippen LogP contribution in [0.25, 0.3) is 0 Å². The fourth-order valence-corrected chi connectivity index (χ4v) is 0.252. The zero-order valence-corrected chi connectivity index (χ0v) is 5.18. The summed E-state index contributed by atoms with van der Waals surface area (Å²) in [6.45, 7) is 3.36. The van der Waals surface area contributed by atoms with Gasteiger partial charge in [0.15, 0.2) is 0 Å². The molecule has 0 aliphatic carbocycles. The summed E-state index contributed by atoms with van der Waals surface area (Å²) in [6, 6.07) is 0. The predicted molar refractivity (Wildman–Crippen MR) is 34.3 cm³/mol. The van der Waals surface area contributed by atoms with Gasteiger partial charge in [-0.1, -0.05) is 0 Å². The number of rotatable bonds is 1. The van der Waals surface area contributed by atoms with Crippen molar-refractivity contribution in [2.75, 3.05) is 0 Å². The van der Waals surface area contributed by atoms with E-state index in [4.69, 9.17) is 10.8 Å². The fraction of sp³-hybridized carbons (Fsp3) is 0.333. The Morgan fingerprint density at radius 1 is 1.38 bits per heavy atom. The maximum absolute atomic E-state index is 8.56. The monoisotopic (exact) mass is 113 g/mol. The van der Waals surface area contributed by atoms with Gasteiger partial charge in [-0.2, -0.15) is 0 Å². The van der Waals surface area contributed by atoms with Gasteiger partial charge in [-0.25, -0.2) is 0 Å². The van der Waals surface area contributed by atoms with Crippen molar-refractivity contribution in [1.82, 2.24) is 0 Å². The molecular formula is C6H11NO. The fourth-order valence-electron chi connectivity index (χ4n) is 0.252. The van der Waals surface area contributed by atoms with Gasteiger partial charge in [-0.15, -0.1) is 0 Å². The Labute approximate surface area is 49.3 Å². The molecule has 0 rings (SSSR count). The van der Waals surface area contributed by atoms with Gasteiger partial charge < -0.3 is 10.8 Å². The van der Waals surface area contributed by atoms with Crippen LogP contribution < -0.4 is 5.73 Å². The molecule has 8 heavy (non-hydrogen) atoms. The lowest BCUT2D eigenvalue weighted by Crippen LogP contribution is -1.88. The van der Waals surface area contributed by atoms with Gasteiger partial charge in [-0.05, 0) is 26.0 Å². The molecular weight excluding hydrogens is 102 g/mol. The lowest BCUT2D eigenvalue weighted by Gasteiger charge is -1.84. The van der Waals surface area contributed by atoms with Gasteiger partial charge >= 0.3 is 0 Å². The van der Waals surface area contributed by atoms with Crippen molar-refractivity contribution in [3.05, 3.63) is 23.6 Å². The van der Waals surface area contributed by atoms with E-state index in [2.05, 4.69) is 0 Å². The number of allylic oxidation sites excluding steroid dienone is 4. The van der Waals surface area contributed by atoms with Gasteiger partial charge in [-0.3, -0.25) is 0 Å². The van der Waals surface area contributed by atoms with Crippen LogP contribution in [0.3, 0.4) is 0 Å². The molecule has 0 aromatic carbocycles. The smallest absolute Gasteiger partial charge is 0.0892 e. The van der Waals surface area contributed by atoms with E-state index in [9.17, 15) is 0 Å². The van der Waals surface area contributed by atoms with Crippen molar-refractivity contribution >= 4 is 0 Å². The van der Waals surface area contributed by atoms with Crippen molar-refractivity contribution in [2.24, 2.45) is 5.73 Å². The zero-order chi connectivity index (χ0) is 6.57. The summed E-state index contributed by atoms with van der Waals surface area (Å²) < 4.78 is 0. The predicted octanol–water partition coefficient (Wildman–Crippen LogP) is 1.31. The number of aliphatic hydroxyl groups is 1. The third-order valence-electron chi connectivity index (χ3n) is 0.587. The highest BCUT2D eigenvalue weighted by Crippen LogP contribution is 1.86. The molecule has 0 amide bonds. The molecule has 0 spiro atoms. The molecule has 0 fully saturated rings. The van der Waals surface area contributed by atoms with Crippen molar-refractivity contribution in [1.29, 1.82) is 0 Å². The minimum atomic E-state index is 0.273. The standard InChI is InChI=1S/C6H11NO/c1-5(7)3-4-6(2)8/h3-4,8H,7H2,1-2H3/b5-3+,6-4+. The van der Waals surface area contributed by atoms with E-state index in [1.165, 1.54) is 0 Å². The first-order valence-electron chi connectivity index (χ1n) is 2.42. The van der Waals surface area contributed by atoms with Crippen LogP contribution in [0.1, 0.15) is 13.8 Å². The van der Waals surface area contributed by atoms with Crippen molar-refractivity contribution in [3.63, 3.8) is 0 Å². The molecule has 0 saturated carbocycles. The maximum Gasteiger partial charge on any atom is 0.0892 e. The molecule has 0 heterocycles. The molecule has 46 valence electrons. The SMILES string of the molecule is C/C(N)=C\C=C(/C)O. The maximum atomic E-state index is 8.56. The van der Waals surface area contributed by atoms with Crippen LogP contribution in [0.2, 0.25) is 0 Å². The third kappa shape index (κ3) is 5.08. The molecule has 0 bridgehead atoms. The van der Waals surface area contributed by atoms with E-state index in [1.54, 1.807) is 26.0 Å². The Morgan fingerprint density at radius 2 is 1.88 bits per heavy atom. The summed E-state index contributed by atoms with van der Waals surface area (Å²) in [6.07, 6.45) is 3.20. The first-order valence-corrected chi connectivity index (χ1v) is 2.42. The first-order chi connectivity index (χ1) is 3.63. The molecule has 0 aliphatic heterocycles. The lowest BCUT2D eigenvalue weighted by molar-refractivity contribution is 0.414.